The predicted octanol–water partition coefficient (Wildman–Crippen LogP) is 2.38. The molecule has 0 aromatic carbocycles. The molecule has 0 aliphatic rings. The summed E-state index contributed by atoms with van der Waals surface area (Å²) in [5, 5.41) is 3.99. The maximum absolute atomic E-state index is 12.0. The lowest BCUT2D eigenvalue weighted by molar-refractivity contribution is 0.0957. The summed E-state index contributed by atoms with van der Waals surface area (Å²) < 4.78 is 1.04. The maximum atomic E-state index is 12.0. The zero-order chi connectivity index (χ0) is 13.8. The number of carbonyl (C=O) groups is 1. The van der Waals surface area contributed by atoms with E-state index in [1.807, 2.05) is 12.1 Å². The minimum Gasteiger partial charge on any atom is -0.351 e. The van der Waals surface area contributed by atoms with Crippen LogP contribution >= 0.6 is 11.3 Å². The van der Waals surface area contributed by atoms with Gasteiger partial charge in [0.25, 0.3) is 5.91 Å². The van der Waals surface area contributed by atoms with E-state index < -0.39 is 0 Å². The molecule has 6 heteroatoms. The van der Waals surface area contributed by atoms with Crippen molar-refractivity contribution < 1.29 is 4.79 Å². The van der Waals surface area contributed by atoms with Crippen LogP contribution in [-0.4, -0.2) is 27.4 Å². The molecule has 0 radical (unpaired) electrons. The molecule has 0 bridgehead atoms. The van der Waals surface area contributed by atoms with E-state index in [4.69, 9.17) is 0 Å². The van der Waals surface area contributed by atoms with Gasteiger partial charge in [-0.3, -0.25) is 9.78 Å². The van der Waals surface area contributed by atoms with Gasteiger partial charge in [-0.1, -0.05) is 0 Å². The first-order chi connectivity index (χ1) is 9.83. The van der Waals surface area contributed by atoms with Crippen LogP contribution in [0.2, 0.25) is 0 Å². The van der Waals surface area contributed by atoms with Gasteiger partial charge in [0.05, 0.1) is 9.58 Å². The molecular formula is C14H14N4OS. The molecule has 0 aliphatic carbocycles. The molecule has 20 heavy (non-hydrogen) atoms. The van der Waals surface area contributed by atoms with E-state index in [0.717, 1.165) is 33.6 Å². The molecule has 0 spiro atoms. The Balaban J connectivity index is 1.53. The first-order valence-corrected chi connectivity index (χ1v) is 7.24. The van der Waals surface area contributed by atoms with E-state index in [9.17, 15) is 4.79 Å². The third-order valence-electron chi connectivity index (χ3n) is 2.98. The van der Waals surface area contributed by atoms with E-state index in [1.54, 1.807) is 24.8 Å². The van der Waals surface area contributed by atoms with Crippen LogP contribution in [0.25, 0.3) is 10.1 Å². The second-order valence-corrected chi connectivity index (χ2v) is 5.50. The second-order valence-electron chi connectivity index (χ2n) is 4.42. The normalized spacial score (nSPS) is 10.8. The summed E-state index contributed by atoms with van der Waals surface area (Å²) in [4.78, 5) is 24.0. The zero-order valence-corrected chi connectivity index (χ0v) is 11.6. The molecule has 3 heterocycles. The summed E-state index contributed by atoms with van der Waals surface area (Å²) in [5.74, 6) is 0.929. The highest BCUT2D eigenvalue weighted by atomic mass is 32.1. The number of rotatable bonds is 5. The van der Waals surface area contributed by atoms with Crippen molar-refractivity contribution in [2.45, 2.75) is 12.8 Å². The van der Waals surface area contributed by atoms with Crippen LogP contribution in [0, 0.1) is 0 Å². The molecule has 0 fully saturated rings. The highest BCUT2D eigenvalue weighted by Crippen LogP contribution is 2.24. The van der Waals surface area contributed by atoms with Gasteiger partial charge in [-0.25, -0.2) is 4.98 Å². The highest BCUT2D eigenvalue weighted by Gasteiger charge is 2.09. The summed E-state index contributed by atoms with van der Waals surface area (Å²) in [5.41, 5.74) is 0. The van der Waals surface area contributed by atoms with Gasteiger partial charge in [0.1, 0.15) is 5.82 Å². The van der Waals surface area contributed by atoms with Crippen molar-refractivity contribution in [3.05, 3.63) is 47.6 Å². The standard InChI is InChI=1S/C14H14N4OS/c19-14(18-4-1-2-13-16-6-7-17-13)11-8-10-3-5-15-9-12(10)20-11/h3,5-9H,1-2,4H2,(H,16,17)(H,18,19). The summed E-state index contributed by atoms with van der Waals surface area (Å²) in [6, 6.07) is 3.82. The van der Waals surface area contributed by atoms with Gasteiger partial charge in [-0.05, 0) is 23.9 Å². The third kappa shape index (κ3) is 2.85. The number of hydrogen-bond acceptors (Lipinski definition) is 4. The molecule has 3 aromatic rings. The number of nitrogens with one attached hydrogen (secondary N) is 2. The Hall–Kier alpha value is -2.21. The lowest BCUT2D eigenvalue weighted by Gasteiger charge is -2.02. The van der Waals surface area contributed by atoms with Crippen molar-refractivity contribution in [3.63, 3.8) is 0 Å². The molecule has 0 aliphatic heterocycles. The molecule has 102 valence electrons. The molecule has 0 saturated heterocycles. The number of carbonyl (C=O) groups excluding carboxylic acids is 1. The lowest BCUT2D eigenvalue weighted by Crippen LogP contribution is -2.23. The number of fused-ring (bicyclic) bond motifs is 1. The number of amides is 1. The molecular weight excluding hydrogens is 272 g/mol. The number of imidazole rings is 1. The zero-order valence-electron chi connectivity index (χ0n) is 10.8. The predicted molar refractivity (Wildman–Crippen MR) is 78.9 cm³/mol. The average molecular weight is 286 g/mol. The van der Waals surface area contributed by atoms with E-state index in [0.29, 0.717) is 6.54 Å². The molecule has 5 nitrogen and oxygen atoms in total. The monoisotopic (exact) mass is 286 g/mol. The van der Waals surface area contributed by atoms with E-state index in [1.165, 1.54) is 11.3 Å². The number of pyridine rings is 1. The Morgan fingerprint density at radius 1 is 1.40 bits per heavy atom. The minimum atomic E-state index is -0.0226. The lowest BCUT2D eigenvalue weighted by atomic mass is 10.3. The van der Waals surface area contributed by atoms with Crippen LogP contribution in [0.4, 0.5) is 0 Å². The van der Waals surface area contributed by atoms with Crippen LogP contribution in [0.1, 0.15) is 21.9 Å². The van der Waals surface area contributed by atoms with Crippen LogP contribution in [0.15, 0.2) is 36.9 Å². The van der Waals surface area contributed by atoms with Crippen molar-refractivity contribution in [3.8, 4) is 0 Å². The van der Waals surface area contributed by atoms with Crippen LogP contribution in [0.5, 0.6) is 0 Å². The number of thiophene rings is 1. The molecule has 3 aromatic heterocycles. The topological polar surface area (TPSA) is 70.7 Å². The average Bonchev–Trinajstić information content (AvgIpc) is 3.12. The molecule has 3 rings (SSSR count). The van der Waals surface area contributed by atoms with Gasteiger partial charge < -0.3 is 10.3 Å². The quantitative estimate of drug-likeness (QED) is 0.707. The number of aromatic amines is 1. The Morgan fingerprint density at radius 2 is 2.35 bits per heavy atom. The Labute approximate surface area is 120 Å². The van der Waals surface area contributed by atoms with Crippen molar-refractivity contribution in [1.82, 2.24) is 20.3 Å². The van der Waals surface area contributed by atoms with E-state index in [2.05, 4.69) is 20.3 Å². The van der Waals surface area contributed by atoms with Gasteiger partial charge in [-0.2, -0.15) is 0 Å². The molecule has 0 saturated carbocycles. The molecule has 0 unspecified atom stereocenters. The maximum Gasteiger partial charge on any atom is 0.261 e. The first kappa shape index (κ1) is 12.8. The highest BCUT2D eigenvalue weighted by molar-refractivity contribution is 7.20. The fourth-order valence-electron chi connectivity index (χ4n) is 1.98. The van der Waals surface area contributed by atoms with Crippen LogP contribution < -0.4 is 5.32 Å². The number of hydrogen-bond donors (Lipinski definition) is 2. The van der Waals surface area contributed by atoms with Crippen LogP contribution in [0.3, 0.4) is 0 Å². The summed E-state index contributed by atoms with van der Waals surface area (Å²) in [7, 11) is 0. The Morgan fingerprint density at radius 3 is 3.15 bits per heavy atom. The number of nitrogens with zero attached hydrogens (tertiary/aromatic N) is 2. The van der Waals surface area contributed by atoms with Crippen molar-refractivity contribution in [2.75, 3.05) is 6.54 Å². The van der Waals surface area contributed by atoms with Crippen LogP contribution in [-0.2, 0) is 6.42 Å². The number of aromatic nitrogens is 3. The smallest absolute Gasteiger partial charge is 0.261 e. The van der Waals surface area contributed by atoms with Crippen molar-refractivity contribution in [1.29, 1.82) is 0 Å². The Bertz CT molecular complexity index is 672. The van der Waals surface area contributed by atoms with Gasteiger partial charge in [0.15, 0.2) is 0 Å². The Kier molecular flexibility index (Phi) is 3.73. The largest absolute Gasteiger partial charge is 0.351 e. The van der Waals surface area contributed by atoms with Gasteiger partial charge in [0, 0.05) is 37.8 Å². The third-order valence-corrected chi connectivity index (χ3v) is 4.06. The summed E-state index contributed by atoms with van der Waals surface area (Å²) in [6.07, 6.45) is 8.77. The summed E-state index contributed by atoms with van der Waals surface area (Å²) in [6.45, 7) is 0.645. The molecule has 1 amide bonds. The SMILES string of the molecule is O=C(NCCCc1ncc[nH]1)c1cc2ccncc2s1. The fraction of sp³-hybridized carbons (Fsp3) is 0.214. The van der Waals surface area contributed by atoms with E-state index in [-0.39, 0.29) is 5.91 Å². The van der Waals surface area contributed by atoms with Crippen molar-refractivity contribution in [2.24, 2.45) is 0 Å². The molecule has 2 N–H and O–H groups in total. The van der Waals surface area contributed by atoms with Crippen molar-refractivity contribution >= 4 is 27.3 Å². The molecule has 0 atom stereocenters. The summed E-state index contributed by atoms with van der Waals surface area (Å²) >= 11 is 1.47. The van der Waals surface area contributed by atoms with E-state index >= 15 is 0 Å². The van der Waals surface area contributed by atoms with Gasteiger partial charge >= 0.3 is 0 Å². The van der Waals surface area contributed by atoms with Gasteiger partial charge in [-0.15, -0.1) is 11.3 Å². The minimum absolute atomic E-state index is 0.0226. The fourth-order valence-corrected chi connectivity index (χ4v) is 2.92. The number of H-pyrrole nitrogens is 1. The first-order valence-electron chi connectivity index (χ1n) is 6.43. The second kappa shape index (κ2) is 5.83. The van der Waals surface area contributed by atoms with Gasteiger partial charge in [0.2, 0.25) is 0 Å². The number of aryl methyl sites for hydroxylation is 1.